The molecule has 2 aromatic rings. The summed E-state index contributed by atoms with van der Waals surface area (Å²) >= 11 is 1.17. The molecule has 0 aliphatic carbocycles. The van der Waals surface area contributed by atoms with Gasteiger partial charge >= 0.3 is 0 Å². The summed E-state index contributed by atoms with van der Waals surface area (Å²) in [4.78, 5) is 24.5. The first-order valence-electron chi connectivity index (χ1n) is 9.53. The zero-order chi connectivity index (χ0) is 21.5. The summed E-state index contributed by atoms with van der Waals surface area (Å²) in [6.45, 7) is 2.45. The van der Waals surface area contributed by atoms with Gasteiger partial charge in [0.2, 0.25) is 11.8 Å². The van der Waals surface area contributed by atoms with Crippen LogP contribution in [0.15, 0.2) is 59.1 Å². The summed E-state index contributed by atoms with van der Waals surface area (Å²) in [6.07, 6.45) is 0.193. The Hall–Kier alpha value is -3.24. The molecule has 30 heavy (non-hydrogen) atoms. The molecule has 3 rings (SSSR count). The fourth-order valence-corrected chi connectivity index (χ4v) is 4.06. The van der Waals surface area contributed by atoms with E-state index in [1.807, 2.05) is 55.5 Å². The lowest BCUT2D eigenvalue weighted by molar-refractivity contribution is -0.121. The van der Waals surface area contributed by atoms with Crippen molar-refractivity contribution in [3.05, 3.63) is 75.8 Å². The summed E-state index contributed by atoms with van der Waals surface area (Å²) in [5, 5.41) is 15.8. The second-order valence-corrected chi connectivity index (χ2v) is 7.97. The molecule has 1 aliphatic rings. The van der Waals surface area contributed by atoms with Crippen LogP contribution in [0.2, 0.25) is 0 Å². The molecule has 154 valence electrons. The van der Waals surface area contributed by atoms with Crippen LogP contribution in [0.4, 0.5) is 0 Å². The first-order valence-corrected chi connectivity index (χ1v) is 10.5. The normalized spacial score (nSPS) is 15.9. The highest BCUT2D eigenvalue weighted by Gasteiger charge is 2.29. The fourth-order valence-electron chi connectivity index (χ4n) is 3.15. The molecular weight excluding hydrogens is 398 g/mol. The number of ether oxygens (including phenoxy) is 1. The average molecular weight is 422 g/mol. The van der Waals surface area contributed by atoms with Crippen molar-refractivity contribution in [2.45, 2.75) is 25.8 Å². The Bertz CT molecular complexity index is 992. The van der Waals surface area contributed by atoms with Gasteiger partial charge in [0.15, 0.2) is 0 Å². The molecule has 2 amide bonds. The Kier molecular flexibility index (Phi) is 7.15. The van der Waals surface area contributed by atoms with Gasteiger partial charge in [0.25, 0.3) is 0 Å². The molecule has 0 fully saturated rings. The lowest BCUT2D eigenvalue weighted by Gasteiger charge is -2.25. The number of methoxy groups -OCH3 is 1. The lowest BCUT2D eigenvalue weighted by atomic mass is 9.87. The number of nitrogens with one attached hydrogen (secondary N) is 2. The number of benzene rings is 2. The summed E-state index contributed by atoms with van der Waals surface area (Å²) in [6, 6.07) is 17.5. The van der Waals surface area contributed by atoms with Crippen LogP contribution in [0.25, 0.3) is 0 Å². The quantitative estimate of drug-likeness (QED) is 0.715. The average Bonchev–Trinajstić information content (AvgIpc) is 2.77. The van der Waals surface area contributed by atoms with E-state index in [0.717, 1.165) is 16.7 Å². The van der Waals surface area contributed by atoms with E-state index in [1.54, 1.807) is 7.11 Å². The van der Waals surface area contributed by atoms with Gasteiger partial charge in [-0.3, -0.25) is 9.59 Å². The molecule has 0 bridgehead atoms. The van der Waals surface area contributed by atoms with Crippen LogP contribution in [-0.2, 0) is 16.1 Å². The second-order valence-electron chi connectivity index (χ2n) is 6.98. The summed E-state index contributed by atoms with van der Waals surface area (Å²) < 4.78 is 5.17. The molecule has 0 saturated carbocycles. The van der Waals surface area contributed by atoms with Crippen LogP contribution in [0.5, 0.6) is 5.75 Å². The van der Waals surface area contributed by atoms with Gasteiger partial charge in [-0.1, -0.05) is 53.7 Å². The van der Waals surface area contributed by atoms with E-state index in [2.05, 4.69) is 16.7 Å². The van der Waals surface area contributed by atoms with Crippen LogP contribution < -0.4 is 15.4 Å². The molecule has 0 spiro atoms. The van der Waals surface area contributed by atoms with E-state index >= 15 is 0 Å². The minimum atomic E-state index is -0.340. The number of nitrogens with zero attached hydrogens (tertiary/aromatic N) is 1. The Morgan fingerprint density at radius 3 is 2.57 bits per heavy atom. The number of amides is 2. The molecular formula is C23H23N3O3S. The van der Waals surface area contributed by atoms with Crippen LogP contribution in [0, 0.1) is 18.3 Å². The Labute approximate surface area is 180 Å². The van der Waals surface area contributed by atoms with Gasteiger partial charge in [-0.25, -0.2) is 0 Å². The van der Waals surface area contributed by atoms with Gasteiger partial charge in [0.05, 0.1) is 29.5 Å². The van der Waals surface area contributed by atoms with Gasteiger partial charge in [0.1, 0.15) is 5.75 Å². The predicted octanol–water partition coefficient (Wildman–Crippen LogP) is 3.39. The standard InChI is InChI=1S/C23H23N3O3S/c1-15-3-5-16(6-4-15)13-25-22(28)14-30-23-20(12-24)19(11-21(27)26-23)17-7-9-18(29-2)10-8-17/h3-10,19H,11,13-14H2,1-2H3,(H,25,28)(H,26,27)/t19-/m0/s1. The topological polar surface area (TPSA) is 91.2 Å². The number of rotatable bonds is 7. The smallest absolute Gasteiger partial charge is 0.230 e. The van der Waals surface area contributed by atoms with Crippen molar-refractivity contribution >= 4 is 23.6 Å². The molecule has 1 aliphatic heterocycles. The van der Waals surface area contributed by atoms with Gasteiger partial charge in [-0.2, -0.15) is 5.26 Å². The third kappa shape index (κ3) is 5.43. The molecule has 0 unspecified atom stereocenters. The van der Waals surface area contributed by atoms with Crippen molar-refractivity contribution < 1.29 is 14.3 Å². The van der Waals surface area contributed by atoms with Gasteiger partial charge in [0, 0.05) is 18.9 Å². The molecule has 0 aromatic heterocycles. The molecule has 2 aromatic carbocycles. The highest BCUT2D eigenvalue weighted by Crippen LogP contribution is 2.36. The highest BCUT2D eigenvalue weighted by atomic mass is 32.2. The van der Waals surface area contributed by atoms with Crippen LogP contribution in [0.1, 0.15) is 29.0 Å². The summed E-state index contributed by atoms with van der Waals surface area (Å²) in [5.74, 6) is 0.153. The third-order valence-corrected chi connectivity index (χ3v) is 5.85. The maximum atomic E-state index is 12.3. The van der Waals surface area contributed by atoms with Crippen LogP contribution >= 0.6 is 11.8 Å². The number of nitriles is 1. The maximum Gasteiger partial charge on any atom is 0.230 e. The summed E-state index contributed by atoms with van der Waals surface area (Å²) in [5.41, 5.74) is 3.51. The molecule has 1 heterocycles. The monoisotopic (exact) mass is 421 g/mol. The number of carbonyl (C=O) groups excluding carboxylic acids is 2. The van der Waals surface area contributed by atoms with Gasteiger partial charge < -0.3 is 15.4 Å². The second kappa shape index (κ2) is 9.99. The largest absolute Gasteiger partial charge is 0.497 e. The zero-order valence-corrected chi connectivity index (χ0v) is 17.7. The van der Waals surface area contributed by atoms with Gasteiger partial charge in [-0.15, -0.1) is 0 Å². The first kappa shape index (κ1) is 21.5. The molecule has 0 saturated heterocycles. The number of aryl methyl sites for hydroxylation is 1. The van der Waals surface area contributed by atoms with E-state index in [0.29, 0.717) is 22.9 Å². The van der Waals surface area contributed by atoms with Crippen molar-refractivity contribution in [1.29, 1.82) is 5.26 Å². The van der Waals surface area contributed by atoms with E-state index in [4.69, 9.17) is 4.74 Å². The van der Waals surface area contributed by atoms with Crippen molar-refractivity contribution in [2.75, 3.05) is 12.9 Å². The number of carbonyl (C=O) groups is 2. The summed E-state index contributed by atoms with van der Waals surface area (Å²) in [7, 11) is 1.59. The molecule has 2 N–H and O–H groups in total. The first-order chi connectivity index (χ1) is 14.5. The van der Waals surface area contributed by atoms with Crippen molar-refractivity contribution in [3.8, 4) is 11.8 Å². The SMILES string of the molecule is COc1ccc([C@@H]2CC(=O)NC(SCC(=O)NCc3ccc(C)cc3)=C2C#N)cc1. The van der Waals surface area contributed by atoms with E-state index in [9.17, 15) is 14.9 Å². The molecule has 1 atom stereocenters. The van der Waals surface area contributed by atoms with E-state index in [1.165, 1.54) is 11.8 Å². The van der Waals surface area contributed by atoms with E-state index in [-0.39, 0.29) is 29.9 Å². The molecule has 0 radical (unpaired) electrons. The Balaban J connectivity index is 1.66. The molecule has 6 nitrogen and oxygen atoms in total. The zero-order valence-electron chi connectivity index (χ0n) is 16.9. The van der Waals surface area contributed by atoms with E-state index < -0.39 is 0 Å². The number of hydrogen-bond donors (Lipinski definition) is 2. The third-order valence-electron chi connectivity index (χ3n) is 4.83. The maximum absolute atomic E-state index is 12.3. The minimum Gasteiger partial charge on any atom is -0.497 e. The number of allylic oxidation sites excluding steroid dienone is 1. The Morgan fingerprint density at radius 1 is 1.23 bits per heavy atom. The van der Waals surface area contributed by atoms with Crippen molar-refractivity contribution in [2.24, 2.45) is 0 Å². The van der Waals surface area contributed by atoms with Crippen LogP contribution in [0.3, 0.4) is 0 Å². The lowest BCUT2D eigenvalue weighted by Crippen LogP contribution is -2.32. The number of thioether (sulfide) groups is 1. The van der Waals surface area contributed by atoms with Crippen molar-refractivity contribution in [3.63, 3.8) is 0 Å². The minimum absolute atomic E-state index is 0.113. The van der Waals surface area contributed by atoms with Crippen LogP contribution in [-0.4, -0.2) is 24.7 Å². The van der Waals surface area contributed by atoms with Crippen molar-refractivity contribution in [1.82, 2.24) is 10.6 Å². The number of hydrogen-bond acceptors (Lipinski definition) is 5. The predicted molar refractivity (Wildman–Crippen MR) is 117 cm³/mol. The van der Waals surface area contributed by atoms with Gasteiger partial charge in [-0.05, 0) is 30.2 Å². The highest BCUT2D eigenvalue weighted by molar-refractivity contribution is 8.03. The Morgan fingerprint density at radius 2 is 1.93 bits per heavy atom. The fraction of sp³-hybridized carbons (Fsp3) is 0.261. The molecule has 7 heteroatoms.